The molecule has 0 bridgehead atoms. The third kappa shape index (κ3) is 3.98. The summed E-state index contributed by atoms with van der Waals surface area (Å²) in [6, 6.07) is 15.2. The van der Waals surface area contributed by atoms with Gasteiger partial charge in [0, 0.05) is 20.9 Å². The fraction of sp³-hybridized carbons (Fsp3) is 0. The summed E-state index contributed by atoms with van der Waals surface area (Å²) in [4.78, 5) is 0. The van der Waals surface area contributed by atoms with Crippen molar-refractivity contribution in [2.24, 2.45) is 0 Å². The molecular weight excluding hydrogens is 332 g/mol. The summed E-state index contributed by atoms with van der Waals surface area (Å²) in [7, 11) is 0. The summed E-state index contributed by atoms with van der Waals surface area (Å²) >= 11 is 14.5. The van der Waals surface area contributed by atoms with E-state index in [4.69, 9.17) is 23.8 Å². The molecular formula is C13H10BrClN2S. The molecule has 2 rings (SSSR count). The van der Waals surface area contributed by atoms with E-state index in [1.165, 1.54) is 0 Å². The molecule has 0 atom stereocenters. The number of nitrogens with one attached hydrogen (secondary N) is 2. The molecule has 5 heteroatoms. The van der Waals surface area contributed by atoms with Gasteiger partial charge in [-0.3, -0.25) is 0 Å². The van der Waals surface area contributed by atoms with Gasteiger partial charge in [-0.1, -0.05) is 39.7 Å². The first-order chi connectivity index (χ1) is 8.63. The number of thiocarbonyl (C=S) groups is 1. The quantitative estimate of drug-likeness (QED) is 0.759. The van der Waals surface area contributed by atoms with Crippen molar-refractivity contribution in [1.29, 1.82) is 0 Å². The minimum Gasteiger partial charge on any atom is -0.332 e. The van der Waals surface area contributed by atoms with Crippen LogP contribution in [-0.2, 0) is 0 Å². The zero-order chi connectivity index (χ0) is 13.0. The van der Waals surface area contributed by atoms with Crippen molar-refractivity contribution in [2.45, 2.75) is 0 Å². The Morgan fingerprint density at radius 3 is 2.22 bits per heavy atom. The average molecular weight is 342 g/mol. The largest absolute Gasteiger partial charge is 0.332 e. The van der Waals surface area contributed by atoms with Gasteiger partial charge < -0.3 is 10.6 Å². The second-order valence-electron chi connectivity index (χ2n) is 3.60. The molecule has 0 spiro atoms. The van der Waals surface area contributed by atoms with Crippen LogP contribution < -0.4 is 10.6 Å². The van der Waals surface area contributed by atoms with Crippen LogP contribution in [0.2, 0.25) is 5.02 Å². The summed E-state index contributed by atoms with van der Waals surface area (Å²) < 4.78 is 0.998. The van der Waals surface area contributed by atoms with Crippen molar-refractivity contribution in [3.05, 3.63) is 58.0 Å². The Labute approximate surface area is 124 Å². The molecule has 0 fully saturated rings. The minimum absolute atomic E-state index is 0.523. The SMILES string of the molecule is S=C(Nc1cccc(Cl)c1)Nc1cccc(Br)c1. The first-order valence-electron chi connectivity index (χ1n) is 5.22. The van der Waals surface area contributed by atoms with E-state index in [-0.39, 0.29) is 0 Å². The van der Waals surface area contributed by atoms with E-state index in [2.05, 4.69) is 26.6 Å². The summed E-state index contributed by atoms with van der Waals surface area (Å²) in [6.45, 7) is 0. The Morgan fingerprint density at radius 1 is 1.00 bits per heavy atom. The molecule has 18 heavy (non-hydrogen) atoms. The molecule has 0 unspecified atom stereocenters. The molecule has 0 aliphatic carbocycles. The van der Waals surface area contributed by atoms with Crippen molar-refractivity contribution in [1.82, 2.24) is 0 Å². The second-order valence-corrected chi connectivity index (χ2v) is 5.36. The lowest BCUT2D eigenvalue weighted by atomic mass is 10.3. The average Bonchev–Trinajstić information content (AvgIpc) is 2.28. The van der Waals surface area contributed by atoms with Gasteiger partial charge in [0.2, 0.25) is 0 Å². The smallest absolute Gasteiger partial charge is 0.175 e. The maximum absolute atomic E-state index is 5.90. The molecule has 0 radical (unpaired) electrons. The number of halogens is 2. The van der Waals surface area contributed by atoms with Gasteiger partial charge in [-0.25, -0.2) is 0 Å². The zero-order valence-corrected chi connectivity index (χ0v) is 12.4. The van der Waals surface area contributed by atoms with Crippen LogP contribution in [0.3, 0.4) is 0 Å². The molecule has 0 heterocycles. The summed E-state index contributed by atoms with van der Waals surface area (Å²) in [6.07, 6.45) is 0. The van der Waals surface area contributed by atoms with Crippen molar-refractivity contribution in [3.63, 3.8) is 0 Å². The minimum atomic E-state index is 0.523. The van der Waals surface area contributed by atoms with E-state index in [1.54, 1.807) is 0 Å². The first kappa shape index (κ1) is 13.3. The number of benzene rings is 2. The monoisotopic (exact) mass is 340 g/mol. The van der Waals surface area contributed by atoms with Crippen LogP contribution >= 0.6 is 39.7 Å². The van der Waals surface area contributed by atoms with E-state index < -0.39 is 0 Å². The topological polar surface area (TPSA) is 24.1 Å². The molecule has 0 saturated carbocycles. The fourth-order valence-electron chi connectivity index (χ4n) is 1.43. The van der Waals surface area contributed by atoms with E-state index in [0.29, 0.717) is 10.1 Å². The molecule has 0 aromatic heterocycles. The third-order valence-electron chi connectivity index (χ3n) is 2.16. The molecule has 2 nitrogen and oxygen atoms in total. The Morgan fingerprint density at radius 2 is 1.61 bits per heavy atom. The van der Waals surface area contributed by atoms with E-state index in [1.807, 2.05) is 48.5 Å². The van der Waals surface area contributed by atoms with Gasteiger partial charge in [-0.15, -0.1) is 0 Å². The predicted molar refractivity (Wildman–Crippen MR) is 85.4 cm³/mol. The number of anilines is 2. The van der Waals surface area contributed by atoms with Gasteiger partial charge in [-0.05, 0) is 48.6 Å². The molecule has 2 aromatic rings. The Kier molecular flexibility index (Phi) is 4.58. The Balaban J connectivity index is 2.01. The highest BCUT2D eigenvalue weighted by atomic mass is 79.9. The van der Waals surface area contributed by atoms with Gasteiger partial charge in [-0.2, -0.15) is 0 Å². The first-order valence-corrected chi connectivity index (χ1v) is 6.80. The van der Waals surface area contributed by atoms with E-state index >= 15 is 0 Å². The molecule has 2 aromatic carbocycles. The Hall–Kier alpha value is -1.10. The molecule has 2 N–H and O–H groups in total. The summed E-state index contributed by atoms with van der Waals surface area (Å²) in [5, 5.41) is 7.36. The normalized spacial score (nSPS) is 9.89. The molecule has 0 aliphatic heterocycles. The third-order valence-corrected chi connectivity index (χ3v) is 3.10. The van der Waals surface area contributed by atoms with Crippen molar-refractivity contribution in [3.8, 4) is 0 Å². The van der Waals surface area contributed by atoms with E-state index in [0.717, 1.165) is 15.8 Å². The Bertz CT molecular complexity index is 525. The molecule has 0 saturated heterocycles. The molecule has 0 amide bonds. The van der Waals surface area contributed by atoms with Crippen LogP contribution in [0.15, 0.2) is 53.0 Å². The number of hydrogen-bond donors (Lipinski definition) is 2. The highest BCUT2D eigenvalue weighted by Gasteiger charge is 1.99. The fourth-order valence-corrected chi connectivity index (χ4v) is 2.25. The van der Waals surface area contributed by atoms with E-state index in [9.17, 15) is 0 Å². The van der Waals surface area contributed by atoms with Crippen LogP contribution in [0.25, 0.3) is 0 Å². The standard InChI is InChI=1S/C13H10BrClN2S/c14-9-3-1-5-11(7-9)16-13(18)17-12-6-2-4-10(15)8-12/h1-8H,(H2,16,17,18). The van der Waals surface area contributed by atoms with Crippen LogP contribution in [0.4, 0.5) is 11.4 Å². The predicted octanol–water partition coefficient (Wildman–Crippen LogP) is 4.91. The van der Waals surface area contributed by atoms with Crippen LogP contribution in [-0.4, -0.2) is 5.11 Å². The lowest BCUT2D eigenvalue weighted by Gasteiger charge is -2.10. The van der Waals surface area contributed by atoms with Crippen molar-refractivity contribution < 1.29 is 0 Å². The highest BCUT2D eigenvalue weighted by Crippen LogP contribution is 2.17. The summed E-state index contributed by atoms with van der Waals surface area (Å²) in [5.74, 6) is 0. The maximum atomic E-state index is 5.90. The van der Waals surface area contributed by atoms with Crippen molar-refractivity contribution in [2.75, 3.05) is 10.6 Å². The molecule has 92 valence electrons. The number of rotatable bonds is 2. The summed E-state index contributed by atoms with van der Waals surface area (Å²) in [5.41, 5.74) is 1.78. The van der Waals surface area contributed by atoms with Gasteiger partial charge in [0.15, 0.2) is 5.11 Å². The lowest BCUT2D eigenvalue weighted by molar-refractivity contribution is 1.58. The maximum Gasteiger partial charge on any atom is 0.175 e. The second kappa shape index (κ2) is 6.18. The van der Waals surface area contributed by atoms with Gasteiger partial charge in [0.25, 0.3) is 0 Å². The van der Waals surface area contributed by atoms with Crippen LogP contribution in [0.5, 0.6) is 0 Å². The van der Waals surface area contributed by atoms with Crippen LogP contribution in [0.1, 0.15) is 0 Å². The van der Waals surface area contributed by atoms with Crippen LogP contribution in [0, 0.1) is 0 Å². The van der Waals surface area contributed by atoms with Gasteiger partial charge >= 0.3 is 0 Å². The zero-order valence-electron chi connectivity index (χ0n) is 9.28. The van der Waals surface area contributed by atoms with Crippen molar-refractivity contribution >= 4 is 56.2 Å². The van der Waals surface area contributed by atoms with Gasteiger partial charge in [0.1, 0.15) is 0 Å². The lowest BCUT2D eigenvalue weighted by Crippen LogP contribution is -2.18. The number of hydrogen-bond acceptors (Lipinski definition) is 1. The molecule has 0 aliphatic rings. The highest BCUT2D eigenvalue weighted by molar-refractivity contribution is 9.10. The van der Waals surface area contributed by atoms with Gasteiger partial charge in [0.05, 0.1) is 0 Å².